The lowest BCUT2D eigenvalue weighted by Gasteiger charge is -2.16. The van der Waals surface area contributed by atoms with E-state index in [-0.39, 0.29) is 31.3 Å². The molecule has 39 heavy (non-hydrogen) atoms. The van der Waals surface area contributed by atoms with Crippen molar-refractivity contribution in [3.8, 4) is 17.4 Å². The molecule has 14 nitrogen and oxygen atoms in total. The number of halogens is 3. The molecule has 0 unspecified atom stereocenters. The average molecular weight is 560 g/mol. The predicted octanol–water partition coefficient (Wildman–Crippen LogP) is 0.0124. The summed E-state index contributed by atoms with van der Waals surface area (Å²) in [6.07, 6.45) is -4.98. The van der Waals surface area contributed by atoms with Gasteiger partial charge < -0.3 is 41.1 Å². The number of alkyl halides is 3. The van der Waals surface area contributed by atoms with Crippen LogP contribution in [0.25, 0.3) is 0 Å². The molecule has 0 aliphatic rings. The summed E-state index contributed by atoms with van der Waals surface area (Å²) in [4.78, 5) is 45.3. The normalized spacial score (nSPS) is 10.8. The Kier molecular flexibility index (Phi) is 10.7. The maximum atomic E-state index is 13.0. The Morgan fingerprint density at radius 2 is 1.82 bits per heavy atom. The number of benzene rings is 1. The summed E-state index contributed by atoms with van der Waals surface area (Å²) in [7, 11) is 2.95. The van der Waals surface area contributed by atoms with E-state index in [9.17, 15) is 27.6 Å². The third-order valence-electron chi connectivity index (χ3n) is 4.94. The van der Waals surface area contributed by atoms with Crippen molar-refractivity contribution in [1.82, 2.24) is 14.9 Å². The van der Waals surface area contributed by atoms with Gasteiger partial charge in [-0.2, -0.15) is 18.2 Å². The number of ether oxygens (including phenoxy) is 3. The van der Waals surface area contributed by atoms with Crippen molar-refractivity contribution in [1.29, 1.82) is 0 Å². The number of hydrogen-bond acceptors (Lipinski definition) is 10. The average Bonchev–Trinajstić information content (AvgIpc) is 2.87. The molecule has 0 saturated carbocycles. The number of carbonyl (C=O) groups is 2. The summed E-state index contributed by atoms with van der Waals surface area (Å²) >= 11 is 0. The molecule has 2 aromatic rings. The van der Waals surface area contributed by atoms with Crippen molar-refractivity contribution in [2.24, 2.45) is 16.6 Å². The van der Waals surface area contributed by atoms with Gasteiger partial charge in [0.2, 0.25) is 17.7 Å². The van der Waals surface area contributed by atoms with Gasteiger partial charge in [-0.1, -0.05) is 6.07 Å². The molecule has 0 saturated heterocycles. The van der Waals surface area contributed by atoms with Gasteiger partial charge in [0, 0.05) is 6.54 Å². The van der Waals surface area contributed by atoms with Gasteiger partial charge in [0.05, 0.1) is 26.5 Å². The molecule has 2 rings (SSSR count). The molecule has 214 valence electrons. The van der Waals surface area contributed by atoms with Crippen LogP contribution in [0.15, 0.2) is 28.1 Å². The molecule has 0 atom stereocenters. The highest BCUT2D eigenvalue weighted by Gasteiger charge is 2.42. The number of methoxy groups -OCH3 is 2. The van der Waals surface area contributed by atoms with Crippen LogP contribution in [0.2, 0.25) is 0 Å². The minimum atomic E-state index is -5.32. The number of nitrogens with one attached hydrogen (secondary N) is 2. The summed E-state index contributed by atoms with van der Waals surface area (Å²) in [6, 6.07) is 5.14. The number of rotatable bonds is 13. The van der Waals surface area contributed by atoms with Crippen LogP contribution < -0.4 is 41.9 Å². The van der Waals surface area contributed by atoms with Crippen molar-refractivity contribution in [2.45, 2.75) is 26.1 Å². The van der Waals surface area contributed by atoms with E-state index in [0.29, 0.717) is 17.9 Å². The van der Waals surface area contributed by atoms with Crippen molar-refractivity contribution in [3.63, 3.8) is 0 Å². The first-order chi connectivity index (χ1) is 18.4. The number of nitrogens with two attached hydrogens (primary N) is 2. The van der Waals surface area contributed by atoms with Crippen LogP contribution in [0.5, 0.6) is 17.4 Å². The molecule has 1 aromatic carbocycles. The Balaban J connectivity index is 2.25. The fourth-order valence-electron chi connectivity index (χ4n) is 3.09. The summed E-state index contributed by atoms with van der Waals surface area (Å²) in [5.41, 5.74) is 9.86. The lowest BCUT2D eigenvalue weighted by atomic mass is 10.1. The number of amides is 1. The lowest BCUT2D eigenvalue weighted by Crippen LogP contribution is -2.37. The van der Waals surface area contributed by atoms with Crippen molar-refractivity contribution >= 4 is 23.7 Å². The van der Waals surface area contributed by atoms with Gasteiger partial charge in [-0.3, -0.25) is 14.2 Å². The molecule has 0 bridgehead atoms. The third-order valence-corrected chi connectivity index (χ3v) is 4.94. The molecular formula is C22H28F3N7O7. The van der Waals surface area contributed by atoms with Gasteiger partial charge in [0.1, 0.15) is 13.2 Å². The van der Waals surface area contributed by atoms with Crippen LogP contribution in [-0.4, -0.2) is 67.5 Å². The number of guanidine groups is 1. The summed E-state index contributed by atoms with van der Waals surface area (Å²) in [5, 5.41) is 8.40. The molecule has 6 N–H and O–H groups in total. The number of oxime groups is 1. The van der Waals surface area contributed by atoms with Crippen LogP contribution in [-0.2, 0) is 27.4 Å². The van der Waals surface area contributed by atoms with E-state index < -0.39 is 41.9 Å². The van der Waals surface area contributed by atoms with Crippen molar-refractivity contribution < 1.29 is 41.8 Å². The van der Waals surface area contributed by atoms with Gasteiger partial charge in [-0.05, 0) is 36.2 Å². The number of nitrogens with zero attached hydrogens (tertiary/aromatic N) is 3. The van der Waals surface area contributed by atoms with E-state index in [1.165, 1.54) is 21.1 Å². The Morgan fingerprint density at radius 1 is 1.13 bits per heavy atom. The molecule has 1 heterocycles. The molecule has 0 spiro atoms. The van der Waals surface area contributed by atoms with E-state index >= 15 is 0 Å². The first-order valence-electron chi connectivity index (χ1n) is 11.2. The van der Waals surface area contributed by atoms with Crippen molar-refractivity contribution in [2.75, 3.05) is 39.2 Å². The highest BCUT2D eigenvalue weighted by Crippen LogP contribution is 2.27. The van der Waals surface area contributed by atoms with Gasteiger partial charge in [-0.25, -0.2) is 4.79 Å². The largest absolute Gasteiger partial charge is 0.493 e. The zero-order chi connectivity index (χ0) is 29.2. The van der Waals surface area contributed by atoms with Gasteiger partial charge in [0.15, 0.2) is 17.3 Å². The van der Waals surface area contributed by atoms with E-state index in [2.05, 4.69) is 25.5 Å². The quantitative estimate of drug-likeness (QED) is 0.0849. The third kappa shape index (κ3) is 8.97. The van der Waals surface area contributed by atoms with Gasteiger partial charge in [-0.15, -0.1) is 0 Å². The Labute approximate surface area is 220 Å². The van der Waals surface area contributed by atoms with Crippen LogP contribution in [0.4, 0.5) is 19.0 Å². The highest BCUT2D eigenvalue weighted by atomic mass is 19.4. The number of hydrogen-bond donors (Lipinski definition) is 4. The predicted molar refractivity (Wildman–Crippen MR) is 131 cm³/mol. The molecule has 1 amide bonds. The number of aromatic nitrogens is 2. The topological polar surface area (TPSA) is 194 Å². The monoisotopic (exact) mass is 559 g/mol. The zero-order valence-corrected chi connectivity index (χ0v) is 21.3. The minimum absolute atomic E-state index is 0.0547. The van der Waals surface area contributed by atoms with E-state index in [1.54, 1.807) is 18.2 Å². The van der Waals surface area contributed by atoms with Crippen LogP contribution in [0.3, 0.4) is 0 Å². The van der Waals surface area contributed by atoms with Gasteiger partial charge in [0.25, 0.3) is 5.56 Å². The van der Waals surface area contributed by atoms with Crippen LogP contribution in [0, 0.1) is 6.92 Å². The van der Waals surface area contributed by atoms with E-state index in [4.69, 9.17) is 25.8 Å². The Morgan fingerprint density at radius 3 is 2.44 bits per heavy atom. The Hall–Kier alpha value is -4.70. The second-order valence-corrected chi connectivity index (χ2v) is 7.69. The highest BCUT2D eigenvalue weighted by molar-refractivity contribution is 5.78. The summed E-state index contributed by atoms with van der Waals surface area (Å²) in [5.74, 6) is -3.82. The molecule has 0 fully saturated rings. The SMILES string of the molecule is COc1ccc(CCNc2nc(OC(=O)C(F)(F)F)c(C)n(CC(=O)NCCON=C(N)N)c2=O)cc1OC. The van der Waals surface area contributed by atoms with E-state index in [0.717, 1.165) is 10.1 Å². The smallest absolute Gasteiger partial charge is 0.491 e. The summed E-state index contributed by atoms with van der Waals surface area (Å²) < 4.78 is 54.1. The van der Waals surface area contributed by atoms with Crippen LogP contribution in [0.1, 0.15) is 11.3 Å². The fraction of sp³-hybridized carbons (Fsp3) is 0.409. The number of anilines is 1. The summed E-state index contributed by atoms with van der Waals surface area (Å²) in [6.45, 7) is 0.486. The maximum absolute atomic E-state index is 13.0. The molecule has 0 aliphatic carbocycles. The number of esters is 1. The van der Waals surface area contributed by atoms with Crippen molar-refractivity contribution in [3.05, 3.63) is 39.8 Å². The number of carbonyl (C=O) groups excluding carboxylic acids is 2. The lowest BCUT2D eigenvalue weighted by molar-refractivity contribution is -0.190. The maximum Gasteiger partial charge on any atom is 0.491 e. The molecule has 0 aliphatic heterocycles. The second kappa shape index (κ2) is 13.7. The van der Waals surface area contributed by atoms with E-state index in [1.807, 2.05) is 0 Å². The van der Waals surface area contributed by atoms with Crippen LogP contribution >= 0.6 is 0 Å². The van der Waals surface area contributed by atoms with Gasteiger partial charge >= 0.3 is 12.1 Å². The standard InChI is InChI=1S/C22H28F3N7O7/c1-12-18(39-20(35)22(23,24)25)30-17(29-7-6-13-4-5-14(36-2)15(10-13)37-3)19(34)32(12)11-16(33)28-8-9-38-31-21(26)27/h4-5,10H,6-9,11H2,1-3H3,(H,28,33)(H,29,30)(H4,26,27,31). The first kappa shape index (κ1) is 30.5. The molecule has 1 aromatic heterocycles. The zero-order valence-electron chi connectivity index (χ0n) is 21.3. The molecular weight excluding hydrogens is 531 g/mol. The molecule has 0 radical (unpaired) electrons. The second-order valence-electron chi connectivity index (χ2n) is 7.69. The fourth-order valence-corrected chi connectivity index (χ4v) is 3.09. The molecule has 17 heteroatoms. The Bertz CT molecular complexity index is 1260. The first-order valence-corrected chi connectivity index (χ1v) is 11.2. The minimum Gasteiger partial charge on any atom is -0.493 e.